The first-order chi connectivity index (χ1) is 4.67. The highest BCUT2D eigenvalue weighted by Crippen LogP contribution is 2.25. The number of allylic oxidation sites excluding steroid dienone is 1. The van der Waals surface area contributed by atoms with Gasteiger partial charge in [-0.1, -0.05) is 12.2 Å². The number of aliphatic hydroxyl groups is 1. The Morgan fingerprint density at radius 1 is 1.70 bits per heavy atom. The number of ether oxygens (including phenoxy) is 1. The molecular formula is C8H14O2. The van der Waals surface area contributed by atoms with E-state index in [2.05, 4.69) is 0 Å². The first-order valence-electron chi connectivity index (χ1n) is 3.63. The third kappa shape index (κ3) is 1.39. The molecule has 0 saturated carbocycles. The molecule has 1 fully saturated rings. The van der Waals surface area contributed by atoms with Crippen molar-refractivity contribution in [3.8, 4) is 0 Å². The van der Waals surface area contributed by atoms with Gasteiger partial charge in [0, 0.05) is 6.42 Å². The lowest BCUT2D eigenvalue weighted by Gasteiger charge is -2.20. The summed E-state index contributed by atoms with van der Waals surface area (Å²) in [5.74, 6) is 0. The van der Waals surface area contributed by atoms with E-state index in [0.717, 1.165) is 6.42 Å². The molecular weight excluding hydrogens is 128 g/mol. The average molecular weight is 142 g/mol. The zero-order valence-electron chi connectivity index (χ0n) is 6.50. The van der Waals surface area contributed by atoms with Crippen LogP contribution in [-0.2, 0) is 4.74 Å². The maximum Gasteiger partial charge on any atom is 0.104 e. The van der Waals surface area contributed by atoms with Crippen LogP contribution in [0.2, 0.25) is 0 Å². The van der Waals surface area contributed by atoms with Crippen LogP contribution in [0, 0.1) is 0 Å². The second kappa shape index (κ2) is 2.72. The van der Waals surface area contributed by atoms with Gasteiger partial charge >= 0.3 is 0 Å². The molecule has 0 aromatic heterocycles. The van der Waals surface area contributed by atoms with Crippen molar-refractivity contribution in [2.75, 3.05) is 6.61 Å². The second-order valence-corrected chi connectivity index (χ2v) is 2.92. The molecule has 1 heterocycles. The van der Waals surface area contributed by atoms with Gasteiger partial charge in [-0.15, -0.1) is 0 Å². The Morgan fingerprint density at radius 3 is 2.80 bits per heavy atom. The molecule has 0 aliphatic carbocycles. The largest absolute Gasteiger partial charge is 0.387 e. The maximum atomic E-state index is 9.61. The minimum atomic E-state index is -0.646. The van der Waals surface area contributed by atoms with Crippen LogP contribution in [0.5, 0.6) is 0 Å². The molecule has 2 heteroatoms. The molecule has 2 nitrogen and oxygen atoms in total. The summed E-state index contributed by atoms with van der Waals surface area (Å²) in [7, 11) is 0. The van der Waals surface area contributed by atoms with Gasteiger partial charge in [0.15, 0.2) is 0 Å². The molecule has 1 saturated heterocycles. The Kier molecular flexibility index (Phi) is 2.11. The lowest BCUT2D eigenvalue weighted by molar-refractivity contribution is 0.00209. The number of rotatable bonds is 1. The summed E-state index contributed by atoms with van der Waals surface area (Å²) >= 11 is 0. The van der Waals surface area contributed by atoms with E-state index in [4.69, 9.17) is 4.74 Å². The van der Waals surface area contributed by atoms with Crippen LogP contribution in [0.15, 0.2) is 12.2 Å². The molecule has 0 radical (unpaired) electrons. The third-order valence-electron chi connectivity index (χ3n) is 1.89. The average Bonchev–Trinajstić information content (AvgIpc) is 2.13. The van der Waals surface area contributed by atoms with Crippen molar-refractivity contribution in [1.82, 2.24) is 0 Å². The summed E-state index contributed by atoms with van der Waals surface area (Å²) in [6.07, 6.45) is 4.44. The smallest absolute Gasteiger partial charge is 0.104 e. The van der Waals surface area contributed by atoms with Crippen LogP contribution >= 0.6 is 0 Å². The lowest BCUT2D eigenvalue weighted by atomic mass is 9.98. The summed E-state index contributed by atoms with van der Waals surface area (Å²) in [4.78, 5) is 0. The molecule has 10 heavy (non-hydrogen) atoms. The molecule has 58 valence electrons. The van der Waals surface area contributed by atoms with E-state index in [1.165, 1.54) is 0 Å². The van der Waals surface area contributed by atoms with Gasteiger partial charge in [0.05, 0.1) is 12.2 Å². The third-order valence-corrected chi connectivity index (χ3v) is 1.89. The lowest BCUT2D eigenvalue weighted by Crippen LogP contribution is -2.32. The van der Waals surface area contributed by atoms with Crippen molar-refractivity contribution in [3.63, 3.8) is 0 Å². The quantitative estimate of drug-likeness (QED) is 0.555. The van der Waals surface area contributed by atoms with E-state index in [1.54, 1.807) is 0 Å². The zero-order valence-corrected chi connectivity index (χ0v) is 6.50. The van der Waals surface area contributed by atoms with Gasteiger partial charge in [-0.3, -0.25) is 0 Å². The van der Waals surface area contributed by atoms with Gasteiger partial charge in [0.25, 0.3) is 0 Å². The van der Waals surface area contributed by atoms with Crippen molar-refractivity contribution in [1.29, 1.82) is 0 Å². The fourth-order valence-electron chi connectivity index (χ4n) is 1.15. The summed E-state index contributed by atoms with van der Waals surface area (Å²) in [5, 5.41) is 9.61. The van der Waals surface area contributed by atoms with E-state index in [1.807, 2.05) is 26.0 Å². The molecule has 0 unspecified atom stereocenters. The molecule has 1 aliphatic heterocycles. The minimum absolute atomic E-state index is 0.0995. The van der Waals surface area contributed by atoms with Crippen LogP contribution in [0.4, 0.5) is 0 Å². The zero-order chi connectivity index (χ0) is 7.61. The van der Waals surface area contributed by atoms with Gasteiger partial charge in [-0.05, 0) is 13.8 Å². The topological polar surface area (TPSA) is 29.5 Å². The molecule has 0 aromatic rings. The van der Waals surface area contributed by atoms with Crippen LogP contribution in [0.1, 0.15) is 20.3 Å². The molecule has 0 bridgehead atoms. The maximum absolute atomic E-state index is 9.61. The Hall–Kier alpha value is -0.340. The SMILES string of the molecule is C/C=C\[C@H]1OCC[C@]1(C)O. The van der Waals surface area contributed by atoms with Crippen molar-refractivity contribution in [2.24, 2.45) is 0 Å². The minimum Gasteiger partial charge on any atom is -0.387 e. The van der Waals surface area contributed by atoms with Gasteiger partial charge in [0.2, 0.25) is 0 Å². The fraction of sp³-hybridized carbons (Fsp3) is 0.750. The summed E-state index contributed by atoms with van der Waals surface area (Å²) < 4.78 is 5.27. The van der Waals surface area contributed by atoms with Crippen LogP contribution in [-0.4, -0.2) is 23.4 Å². The summed E-state index contributed by atoms with van der Waals surface area (Å²) in [6, 6.07) is 0. The van der Waals surface area contributed by atoms with Crippen molar-refractivity contribution in [2.45, 2.75) is 32.0 Å². The normalized spacial score (nSPS) is 41.3. The Balaban J connectivity index is 2.59. The molecule has 0 amide bonds. The molecule has 2 atom stereocenters. The van der Waals surface area contributed by atoms with E-state index in [9.17, 15) is 5.11 Å². The highest BCUT2D eigenvalue weighted by atomic mass is 16.5. The first-order valence-corrected chi connectivity index (χ1v) is 3.63. The second-order valence-electron chi connectivity index (χ2n) is 2.92. The predicted molar refractivity (Wildman–Crippen MR) is 39.8 cm³/mol. The fourth-order valence-corrected chi connectivity index (χ4v) is 1.15. The standard InChI is InChI=1S/C8H14O2/c1-3-4-7-8(2,9)5-6-10-7/h3-4,7,9H,5-6H2,1-2H3/b4-3-/t7-,8+/m1/s1. The highest BCUT2D eigenvalue weighted by Gasteiger charge is 2.35. The van der Waals surface area contributed by atoms with E-state index in [0.29, 0.717) is 6.61 Å². The Bertz CT molecular complexity index is 138. The van der Waals surface area contributed by atoms with Gasteiger partial charge in [-0.2, -0.15) is 0 Å². The van der Waals surface area contributed by atoms with E-state index >= 15 is 0 Å². The molecule has 0 spiro atoms. The van der Waals surface area contributed by atoms with Gasteiger partial charge in [0.1, 0.15) is 6.10 Å². The van der Waals surface area contributed by atoms with Crippen LogP contribution in [0.3, 0.4) is 0 Å². The monoisotopic (exact) mass is 142 g/mol. The Labute approximate surface area is 61.5 Å². The van der Waals surface area contributed by atoms with Gasteiger partial charge in [-0.25, -0.2) is 0 Å². The molecule has 1 aliphatic rings. The van der Waals surface area contributed by atoms with Crippen molar-refractivity contribution >= 4 is 0 Å². The Morgan fingerprint density at radius 2 is 2.40 bits per heavy atom. The first kappa shape index (κ1) is 7.76. The number of hydrogen-bond donors (Lipinski definition) is 1. The highest BCUT2D eigenvalue weighted by molar-refractivity contribution is 5.01. The van der Waals surface area contributed by atoms with Crippen LogP contribution < -0.4 is 0 Å². The molecule has 0 aromatic carbocycles. The van der Waals surface area contributed by atoms with Crippen molar-refractivity contribution < 1.29 is 9.84 Å². The van der Waals surface area contributed by atoms with Crippen molar-refractivity contribution in [3.05, 3.63) is 12.2 Å². The summed E-state index contributed by atoms with van der Waals surface area (Å²) in [5.41, 5.74) is -0.646. The molecule has 1 N–H and O–H groups in total. The van der Waals surface area contributed by atoms with E-state index < -0.39 is 5.60 Å². The van der Waals surface area contributed by atoms with Crippen LogP contribution in [0.25, 0.3) is 0 Å². The number of hydrogen-bond acceptors (Lipinski definition) is 2. The van der Waals surface area contributed by atoms with E-state index in [-0.39, 0.29) is 6.10 Å². The van der Waals surface area contributed by atoms with Gasteiger partial charge < -0.3 is 9.84 Å². The molecule has 1 rings (SSSR count). The summed E-state index contributed by atoms with van der Waals surface area (Å²) in [6.45, 7) is 4.41. The predicted octanol–water partition coefficient (Wildman–Crippen LogP) is 1.10.